The molecule has 0 saturated carbocycles. The van der Waals surface area contributed by atoms with Crippen molar-refractivity contribution in [3.8, 4) is 29.4 Å². The van der Waals surface area contributed by atoms with E-state index in [1.807, 2.05) is 63.2 Å². The number of ether oxygens (including phenoxy) is 2. The predicted molar refractivity (Wildman–Crippen MR) is 195 cm³/mol. The summed E-state index contributed by atoms with van der Waals surface area (Å²) in [5.41, 5.74) is 4.02. The number of nitrogens with zero attached hydrogens (tertiary/aromatic N) is 3. The van der Waals surface area contributed by atoms with Gasteiger partial charge in [0.05, 0.1) is 18.9 Å². The van der Waals surface area contributed by atoms with Crippen LogP contribution < -0.4 is 25.6 Å². The van der Waals surface area contributed by atoms with E-state index in [1.54, 1.807) is 37.4 Å². The van der Waals surface area contributed by atoms with Gasteiger partial charge in [-0.25, -0.2) is 4.98 Å². The maximum absolute atomic E-state index is 12.9. The summed E-state index contributed by atoms with van der Waals surface area (Å²) in [5.74, 6) is 9.87. The first-order valence-corrected chi connectivity index (χ1v) is 16.8. The molecule has 0 radical (unpaired) electrons. The highest BCUT2D eigenvalue weighted by atomic mass is 16.5. The number of para-hydroxylation sites is 2. The van der Waals surface area contributed by atoms with E-state index in [4.69, 9.17) is 9.47 Å². The van der Waals surface area contributed by atoms with Crippen LogP contribution in [0.5, 0.6) is 5.75 Å². The zero-order valence-corrected chi connectivity index (χ0v) is 29.5. The molecule has 0 aliphatic carbocycles. The molecule has 1 aliphatic rings. The molecule has 0 bridgehead atoms. The smallest absolute Gasteiger partial charge is 0.296 e. The van der Waals surface area contributed by atoms with Crippen molar-refractivity contribution in [2.75, 3.05) is 44.9 Å². The molecule has 52 heavy (non-hydrogen) atoms. The second-order valence-electron chi connectivity index (χ2n) is 11.2. The molecule has 1 unspecified atom stereocenters. The van der Waals surface area contributed by atoms with Crippen LogP contribution in [0.25, 0.3) is 0 Å². The van der Waals surface area contributed by atoms with Crippen LogP contribution in [-0.4, -0.2) is 84.8 Å². The number of hydrogen-bond donors (Lipinski definition) is 4. The van der Waals surface area contributed by atoms with E-state index in [-0.39, 0.29) is 44.0 Å². The Bertz CT molecular complexity index is 1970. The van der Waals surface area contributed by atoms with Gasteiger partial charge in [0.2, 0.25) is 5.82 Å². The number of H-pyrrole nitrogens is 1. The zero-order valence-electron chi connectivity index (χ0n) is 29.5. The molecule has 0 fully saturated rings. The number of carbonyl (C=O) groups is 4. The molecular weight excluding hydrogens is 662 g/mol. The van der Waals surface area contributed by atoms with E-state index < -0.39 is 17.9 Å². The summed E-state index contributed by atoms with van der Waals surface area (Å²) in [4.78, 5) is 55.4. The van der Waals surface area contributed by atoms with Crippen LogP contribution in [0.2, 0.25) is 0 Å². The summed E-state index contributed by atoms with van der Waals surface area (Å²) in [7, 11) is 1.63. The molecule has 4 aromatic rings. The van der Waals surface area contributed by atoms with Gasteiger partial charge in [-0.15, -0.1) is 5.10 Å². The van der Waals surface area contributed by atoms with Crippen molar-refractivity contribution < 1.29 is 28.7 Å². The highest BCUT2D eigenvalue weighted by Crippen LogP contribution is 2.29. The molecule has 0 saturated heterocycles. The van der Waals surface area contributed by atoms with Crippen LogP contribution in [0.3, 0.4) is 0 Å². The molecule has 1 atom stereocenters. The second-order valence-corrected chi connectivity index (χ2v) is 11.2. The Kier molecular flexibility index (Phi) is 14.5. The number of amides is 4. The van der Waals surface area contributed by atoms with Crippen LogP contribution in [0.1, 0.15) is 52.5 Å². The van der Waals surface area contributed by atoms with Gasteiger partial charge in [-0.05, 0) is 48.9 Å². The Morgan fingerprint density at radius 3 is 2.13 bits per heavy atom. The van der Waals surface area contributed by atoms with E-state index in [1.165, 1.54) is 4.90 Å². The minimum atomic E-state index is -0.909. The topological polar surface area (TPSA) is 168 Å². The highest BCUT2D eigenvalue weighted by molar-refractivity contribution is 6.02. The maximum atomic E-state index is 12.9. The van der Waals surface area contributed by atoms with Crippen LogP contribution >= 0.6 is 0 Å². The minimum absolute atomic E-state index is 0.0243. The van der Waals surface area contributed by atoms with Gasteiger partial charge in [-0.2, -0.15) is 0 Å². The van der Waals surface area contributed by atoms with Crippen LogP contribution in [-0.2, 0) is 25.5 Å². The molecule has 0 spiro atoms. The van der Waals surface area contributed by atoms with E-state index in [0.717, 1.165) is 16.7 Å². The molecule has 2 heterocycles. The molecule has 268 valence electrons. The lowest BCUT2D eigenvalue weighted by atomic mass is 10.1. The van der Waals surface area contributed by atoms with Crippen LogP contribution in [0, 0.1) is 30.6 Å². The van der Waals surface area contributed by atoms with Crippen molar-refractivity contribution >= 4 is 29.3 Å². The quantitative estimate of drug-likeness (QED) is 0.144. The van der Waals surface area contributed by atoms with Crippen molar-refractivity contribution in [3.63, 3.8) is 0 Å². The fraction of sp³-hybridized carbons (Fsp3) is 0.282. The standard InChI is InChI=1S/C37H35N7O6.C2H6/c1-25-7-9-26(10-8-25)15-17-33(45)38-19-21-49-22-20-39-34(46)18-16-27-11-13-28(14-12-27)23-32-41-35(43-42-32)36(47)40-29-24-50-31-6-4-3-5-30(31)44(2)37(29)48;1-2/h3-14,29H,19-24H2,1-2H3,(H,38,45)(H,39,46)(H,40,47)(H,41,42,43);1-2H3. The van der Waals surface area contributed by atoms with Crippen molar-refractivity contribution in [2.45, 2.75) is 33.2 Å². The molecule has 4 amide bonds. The van der Waals surface area contributed by atoms with Gasteiger partial charge in [0, 0.05) is 49.5 Å². The van der Waals surface area contributed by atoms with E-state index in [2.05, 4.69) is 54.8 Å². The zero-order chi connectivity index (χ0) is 37.3. The number of likely N-dealkylation sites (N-methyl/N-ethyl adjacent to an activating group) is 1. The molecular formula is C39H41N7O6. The number of nitrogens with one attached hydrogen (secondary N) is 4. The van der Waals surface area contributed by atoms with E-state index >= 15 is 0 Å². The first kappa shape index (κ1) is 38.4. The Morgan fingerprint density at radius 2 is 1.50 bits per heavy atom. The second kappa shape index (κ2) is 19.7. The number of benzene rings is 3. The summed E-state index contributed by atoms with van der Waals surface area (Å²) in [6.07, 6.45) is 0.364. The number of rotatable bonds is 10. The molecule has 13 heteroatoms. The number of aromatic amines is 1. The highest BCUT2D eigenvalue weighted by Gasteiger charge is 2.31. The minimum Gasteiger partial charge on any atom is -0.489 e. The van der Waals surface area contributed by atoms with Gasteiger partial charge >= 0.3 is 0 Å². The van der Waals surface area contributed by atoms with Crippen molar-refractivity contribution in [3.05, 3.63) is 107 Å². The Balaban J connectivity index is 0.00000297. The predicted octanol–water partition coefficient (Wildman–Crippen LogP) is 2.54. The average molecular weight is 704 g/mol. The summed E-state index contributed by atoms with van der Waals surface area (Å²) in [6.45, 7) is 7.06. The third kappa shape index (κ3) is 11.6. The summed E-state index contributed by atoms with van der Waals surface area (Å²) in [5, 5.41) is 14.8. The molecule has 1 aliphatic heterocycles. The number of anilines is 1. The Labute approximate surface area is 302 Å². The number of carbonyl (C=O) groups excluding carboxylic acids is 4. The van der Waals surface area contributed by atoms with Crippen molar-refractivity contribution in [1.82, 2.24) is 31.1 Å². The third-order valence-electron chi connectivity index (χ3n) is 7.38. The fourth-order valence-corrected chi connectivity index (χ4v) is 4.71. The lowest BCUT2D eigenvalue weighted by Gasteiger charge is -2.19. The molecule has 1 aromatic heterocycles. The van der Waals surface area contributed by atoms with Crippen molar-refractivity contribution in [2.24, 2.45) is 0 Å². The van der Waals surface area contributed by atoms with Gasteiger partial charge in [0.1, 0.15) is 24.2 Å². The molecule has 4 N–H and O–H groups in total. The Hall–Kier alpha value is -6.44. The third-order valence-corrected chi connectivity index (χ3v) is 7.38. The van der Waals surface area contributed by atoms with Gasteiger partial charge in [0.15, 0.2) is 0 Å². The molecule has 5 rings (SSSR count). The number of aryl methyl sites for hydroxylation is 1. The normalized spacial score (nSPS) is 12.9. The largest absolute Gasteiger partial charge is 0.489 e. The summed E-state index contributed by atoms with van der Waals surface area (Å²) < 4.78 is 11.2. The Morgan fingerprint density at radius 1 is 0.904 bits per heavy atom. The first-order valence-electron chi connectivity index (χ1n) is 16.8. The lowest BCUT2D eigenvalue weighted by molar-refractivity contribution is -0.120. The fourth-order valence-electron chi connectivity index (χ4n) is 4.71. The van der Waals surface area contributed by atoms with E-state index in [9.17, 15) is 19.2 Å². The van der Waals surface area contributed by atoms with Crippen molar-refractivity contribution in [1.29, 1.82) is 0 Å². The summed E-state index contributed by atoms with van der Waals surface area (Å²) >= 11 is 0. The number of fused-ring (bicyclic) bond motifs is 1. The lowest BCUT2D eigenvalue weighted by Crippen LogP contribution is -2.49. The van der Waals surface area contributed by atoms with E-state index in [0.29, 0.717) is 35.8 Å². The number of aromatic nitrogens is 3. The molecule has 3 aromatic carbocycles. The maximum Gasteiger partial charge on any atom is 0.296 e. The average Bonchev–Trinajstić information content (AvgIpc) is 3.60. The van der Waals surface area contributed by atoms with Crippen LogP contribution in [0.4, 0.5) is 5.69 Å². The summed E-state index contributed by atoms with van der Waals surface area (Å²) in [6, 6.07) is 21.0. The van der Waals surface area contributed by atoms with Gasteiger partial charge in [-0.1, -0.05) is 67.6 Å². The van der Waals surface area contributed by atoms with Gasteiger partial charge < -0.3 is 30.3 Å². The SMILES string of the molecule is CC.Cc1ccc(C#CC(=O)NCCOCCNC(=O)C#Cc2ccc(Cc3nc(C(=O)NC4COc5ccccc5N(C)C4=O)n[nH]3)cc2)cc1. The number of hydrogen-bond acceptors (Lipinski definition) is 8. The van der Waals surface area contributed by atoms with Gasteiger partial charge in [0.25, 0.3) is 23.6 Å². The van der Waals surface area contributed by atoms with Crippen LogP contribution in [0.15, 0.2) is 72.8 Å². The monoisotopic (exact) mass is 703 g/mol. The molecule has 13 nitrogen and oxygen atoms in total. The first-order chi connectivity index (χ1) is 25.2. The van der Waals surface area contributed by atoms with Gasteiger partial charge in [-0.3, -0.25) is 24.3 Å².